The summed E-state index contributed by atoms with van der Waals surface area (Å²) in [5.41, 5.74) is 6.34. The first-order chi connectivity index (χ1) is 27.0. The molecule has 0 radical (unpaired) electrons. The predicted molar refractivity (Wildman–Crippen MR) is 218 cm³/mol. The number of nitrogens with one attached hydrogen (secondary N) is 2. The number of methoxy groups -OCH3 is 1. The van der Waals surface area contributed by atoms with Crippen molar-refractivity contribution in [1.82, 2.24) is 30.0 Å². The third kappa shape index (κ3) is 9.56. The van der Waals surface area contributed by atoms with Gasteiger partial charge in [-0.25, -0.2) is 13.1 Å². The lowest BCUT2D eigenvalue weighted by Gasteiger charge is -2.14. The molecule has 1 amide bonds. The van der Waals surface area contributed by atoms with E-state index in [0.29, 0.717) is 46.8 Å². The second-order valence-electron chi connectivity index (χ2n) is 14.3. The molecule has 3 aromatic carbocycles. The molecule has 0 aliphatic carbocycles. The number of unbranched alkanes of at least 4 members (excludes halogenated alkanes) is 7. The van der Waals surface area contributed by atoms with Gasteiger partial charge in [0.05, 0.1) is 35.5 Å². The van der Waals surface area contributed by atoms with Gasteiger partial charge < -0.3 is 14.6 Å². The molecule has 0 spiro atoms. The fourth-order valence-electron chi connectivity index (χ4n) is 7.19. The second kappa shape index (κ2) is 18.4. The maximum atomic E-state index is 13.3. The summed E-state index contributed by atoms with van der Waals surface area (Å²) in [4.78, 5) is 18.7. The summed E-state index contributed by atoms with van der Waals surface area (Å²) >= 11 is 6.22. The number of sulfonamides is 1. The quantitative estimate of drug-likeness (QED) is 0.0840. The summed E-state index contributed by atoms with van der Waals surface area (Å²) in [5, 5.41) is 16.5. The maximum absolute atomic E-state index is 13.3. The molecule has 6 rings (SSSR count). The smallest absolute Gasteiger partial charge is 0.240 e. The number of ether oxygens (including phenoxy) is 1. The molecule has 1 aliphatic heterocycles. The number of nitrogens with zero attached hydrogens (tertiary/aromatic N) is 5. The number of halogens is 1. The maximum Gasteiger partial charge on any atom is 0.240 e. The van der Waals surface area contributed by atoms with Crippen LogP contribution in [-0.2, 0) is 14.8 Å². The van der Waals surface area contributed by atoms with Crippen LogP contribution in [-0.4, -0.2) is 60.2 Å². The molecule has 0 bridgehead atoms. The molecule has 296 valence electrons. The van der Waals surface area contributed by atoms with Crippen molar-refractivity contribution in [1.29, 1.82) is 0 Å². The first-order valence-corrected chi connectivity index (χ1v) is 21.1. The van der Waals surface area contributed by atoms with Crippen LogP contribution < -0.4 is 14.8 Å². The highest BCUT2D eigenvalue weighted by Gasteiger charge is 2.30. The number of aliphatic imine (C=N–C) groups is 1. The van der Waals surface area contributed by atoms with Gasteiger partial charge >= 0.3 is 0 Å². The highest BCUT2D eigenvalue weighted by atomic mass is 35.5. The number of carbonyl (C=O) groups is 1. The highest BCUT2D eigenvalue weighted by Crippen LogP contribution is 2.35. The SMILES string of the molecule is COc1ccc2c(c1)C(c1ccc(Cl)cc1)=NC(CC(=O)NCCCCCCCCCCNS(=O)(=O)c1cc(-c3c(C)noc3C)ccc1C)c1nnc(C)n1-2. The molecule has 3 heterocycles. The number of hydrogen-bond acceptors (Lipinski definition) is 9. The average Bonchev–Trinajstić information content (AvgIpc) is 3.69. The van der Waals surface area contributed by atoms with Crippen molar-refractivity contribution in [2.45, 2.75) is 96.4 Å². The van der Waals surface area contributed by atoms with Crippen LogP contribution >= 0.6 is 11.6 Å². The van der Waals surface area contributed by atoms with Crippen molar-refractivity contribution < 1.29 is 22.5 Å². The summed E-state index contributed by atoms with van der Waals surface area (Å²) in [6, 6.07) is 18.2. The Hall–Kier alpha value is -4.85. The molecule has 12 nitrogen and oxygen atoms in total. The zero-order chi connectivity index (χ0) is 39.8. The van der Waals surface area contributed by atoms with Crippen LogP contribution in [0.25, 0.3) is 16.8 Å². The van der Waals surface area contributed by atoms with E-state index >= 15 is 0 Å². The van der Waals surface area contributed by atoms with Crippen LogP contribution in [0.3, 0.4) is 0 Å². The largest absolute Gasteiger partial charge is 0.497 e. The molecular weight excluding hydrogens is 750 g/mol. The standard InChI is InChI=1S/C42H50ClN7O5S/c1-27-14-15-32(40-28(2)49-55-29(40)3)24-38(27)56(52,53)45-23-13-11-9-7-6-8-10-12-22-44-39(51)26-36-42-48-47-30(4)50(42)37-21-20-34(54-5)25-35(37)41(46-36)31-16-18-33(43)19-17-31/h14-21,24-25,36,45H,6-13,22-23,26H2,1-5H3,(H,44,51). The Kier molecular flexibility index (Phi) is 13.4. The first-order valence-electron chi connectivity index (χ1n) is 19.2. The molecule has 0 saturated heterocycles. The molecule has 2 N–H and O–H groups in total. The monoisotopic (exact) mass is 799 g/mol. The van der Waals surface area contributed by atoms with Crippen LogP contribution in [0.4, 0.5) is 0 Å². The van der Waals surface area contributed by atoms with E-state index in [1.54, 1.807) is 20.1 Å². The van der Waals surface area contributed by atoms with E-state index in [1.165, 1.54) is 0 Å². The van der Waals surface area contributed by atoms with E-state index in [1.807, 2.05) is 79.9 Å². The summed E-state index contributed by atoms with van der Waals surface area (Å²) < 4.78 is 41.9. The van der Waals surface area contributed by atoms with Crippen molar-refractivity contribution in [2.24, 2.45) is 4.99 Å². The number of aromatic nitrogens is 4. The van der Waals surface area contributed by atoms with Gasteiger partial charge in [0.25, 0.3) is 0 Å². The van der Waals surface area contributed by atoms with E-state index in [-0.39, 0.29) is 17.2 Å². The van der Waals surface area contributed by atoms with Gasteiger partial charge in [-0.05, 0) is 88.1 Å². The minimum atomic E-state index is -3.65. The topological polar surface area (TPSA) is 154 Å². The van der Waals surface area contributed by atoms with Crippen LogP contribution in [0.1, 0.15) is 104 Å². The fraction of sp³-hybridized carbons (Fsp3) is 0.405. The van der Waals surface area contributed by atoms with E-state index in [4.69, 9.17) is 25.9 Å². The van der Waals surface area contributed by atoms with Crippen molar-refractivity contribution in [3.8, 4) is 22.6 Å². The van der Waals surface area contributed by atoms with Crippen molar-refractivity contribution >= 4 is 33.2 Å². The molecule has 1 aliphatic rings. The number of benzene rings is 3. The lowest BCUT2D eigenvalue weighted by Crippen LogP contribution is -2.26. The number of aryl methyl sites for hydroxylation is 4. The molecular formula is C42H50ClN7O5S. The highest BCUT2D eigenvalue weighted by molar-refractivity contribution is 7.89. The molecule has 14 heteroatoms. The zero-order valence-electron chi connectivity index (χ0n) is 32.7. The van der Waals surface area contributed by atoms with Crippen molar-refractivity contribution in [3.05, 3.63) is 105 Å². The van der Waals surface area contributed by atoms with E-state index < -0.39 is 16.1 Å². The third-order valence-corrected chi connectivity index (χ3v) is 12.0. The predicted octanol–water partition coefficient (Wildman–Crippen LogP) is 8.32. The van der Waals surface area contributed by atoms with Gasteiger partial charge in [0.15, 0.2) is 5.82 Å². The number of fused-ring (bicyclic) bond motifs is 3. The van der Waals surface area contributed by atoms with Crippen LogP contribution in [0, 0.1) is 27.7 Å². The molecule has 5 aromatic rings. The van der Waals surface area contributed by atoms with Crippen LogP contribution in [0.2, 0.25) is 5.02 Å². The Bertz CT molecular complexity index is 2280. The number of carbonyl (C=O) groups excluding carboxylic acids is 1. The zero-order valence-corrected chi connectivity index (χ0v) is 34.3. The lowest BCUT2D eigenvalue weighted by molar-refractivity contribution is -0.121. The minimum Gasteiger partial charge on any atom is -0.497 e. The van der Waals surface area contributed by atoms with Gasteiger partial charge in [-0.15, -0.1) is 10.2 Å². The fourth-order valence-corrected chi connectivity index (χ4v) is 8.66. The normalized spacial score (nSPS) is 13.8. The van der Waals surface area contributed by atoms with Gasteiger partial charge in [-0.2, -0.15) is 0 Å². The molecule has 0 fully saturated rings. The van der Waals surface area contributed by atoms with Gasteiger partial charge in [-0.3, -0.25) is 14.4 Å². The van der Waals surface area contributed by atoms with Gasteiger partial charge in [-0.1, -0.05) is 79.5 Å². The molecule has 56 heavy (non-hydrogen) atoms. The number of rotatable bonds is 18. The number of hydrogen-bond donors (Lipinski definition) is 2. The van der Waals surface area contributed by atoms with Crippen LogP contribution in [0.5, 0.6) is 5.75 Å². The number of amides is 1. The summed E-state index contributed by atoms with van der Waals surface area (Å²) in [6.45, 7) is 8.35. The Morgan fingerprint density at radius 1 is 0.857 bits per heavy atom. The summed E-state index contributed by atoms with van der Waals surface area (Å²) in [6.07, 6.45) is 8.05. The molecule has 1 unspecified atom stereocenters. The lowest BCUT2D eigenvalue weighted by atomic mass is 10.00. The van der Waals surface area contributed by atoms with Crippen molar-refractivity contribution in [2.75, 3.05) is 20.2 Å². The Balaban J connectivity index is 0.921. The second-order valence-corrected chi connectivity index (χ2v) is 16.5. The van der Waals surface area contributed by atoms with Gasteiger partial charge in [0.2, 0.25) is 15.9 Å². The Morgan fingerprint density at radius 3 is 2.21 bits per heavy atom. The van der Waals surface area contributed by atoms with Gasteiger partial charge in [0.1, 0.15) is 23.4 Å². The van der Waals surface area contributed by atoms with Crippen molar-refractivity contribution in [3.63, 3.8) is 0 Å². The third-order valence-electron chi connectivity index (χ3n) is 10.1. The van der Waals surface area contributed by atoms with Crippen LogP contribution in [0.15, 0.2) is 75.1 Å². The molecule has 1 atom stereocenters. The first kappa shape index (κ1) is 40.8. The molecule has 0 saturated carbocycles. The summed E-state index contributed by atoms with van der Waals surface area (Å²) in [5.74, 6) is 2.57. The van der Waals surface area contributed by atoms with E-state index in [2.05, 4.69) is 25.4 Å². The Labute approximate surface area is 334 Å². The summed E-state index contributed by atoms with van der Waals surface area (Å²) in [7, 11) is -2.02. The minimum absolute atomic E-state index is 0.0936. The van der Waals surface area contributed by atoms with Gasteiger partial charge in [0, 0.05) is 34.8 Å². The van der Waals surface area contributed by atoms with E-state index in [0.717, 1.165) is 90.7 Å². The Morgan fingerprint density at radius 2 is 1.54 bits per heavy atom. The molecule has 2 aromatic heterocycles. The average molecular weight is 800 g/mol. The van der Waals surface area contributed by atoms with E-state index in [9.17, 15) is 13.2 Å².